The maximum atomic E-state index is 6.46. The minimum Gasteiger partial charge on any atom is -0.381 e. The molecular weight excluding hydrogens is 202 g/mol. The van der Waals surface area contributed by atoms with Crippen LogP contribution in [0.1, 0.15) is 34.1 Å². The Bertz CT molecular complexity index is 250. The molecule has 2 saturated heterocycles. The molecule has 3 unspecified atom stereocenters. The largest absolute Gasteiger partial charge is 0.381 e. The minimum absolute atomic E-state index is 0.0460. The van der Waals surface area contributed by atoms with Crippen LogP contribution in [0.3, 0.4) is 0 Å². The minimum atomic E-state index is -0.0617. The van der Waals surface area contributed by atoms with Gasteiger partial charge in [-0.2, -0.15) is 0 Å². The van der Waals surface area contributed by atoms with Gasteiger partial charge in [-0.05, 0) is 26.2 Å². The Hall–Kier alpha value is -0.120. The van der Waals surface area contributed by atoms with E-state index in [-0.39, 0.29) is 11.2 Å². The van der Waals surface area contributed by atoms with Crippen LogP contribution in [0, 0.1) is 11.8 Å². The molecule has 0 saturated carbocycles. The molecule has 94 valence electrons. The topological polar surface area (TPSA) is 30.5 Å². The molecule has 0 spiro atoms. The van der Waals surface area contributed by atoms with Gasteiger partial charge in [0.1, 0.15) is 0 Å². The molecule has 2 rings (SSSR count). The zero-order chi connectivity index (χ0) is 11.8. The van der Waals surface area contributed by atoms with Crippen molar-refractivity contribution in [3.63, 3.8) is 0 Å². The second kappa shape index (κ2) is 4.28. The van der Waals surface area contributed by atoms with Crippen molar-refractivity contribution in [2.75, 3.05) is 26.3 Å². The van der Waals surface area contributed by atoms with Crippen LogP contribution in [0.15, 0.2) is 0 Å². The molecule has 2 fully saturated rings. The van der Waals surface area contributed by atoms with Crippen molar-refractivity contribution in [1.29, 1.82) is 0 Å². The molecule has 0 aliphatic carbocycles. The predicted octanol–water partition coefficient (Wildman–Crippen LogP) is 1.82. The number of morpholine rings is 1. The van der Waals surface area contributed by atoms with Gasteiger partial charge in [-0.15, -0.1) is 0 Å². The molecule has 2 heterocycles. The first-order valence-corrected chi connectivity index (χ1v) is 6.45. The summed E-state index contributed by atoms with van der Waals surface area (Å²) in [4.78, 5) is 0. The Kier molecular flexibility index (Phi) is 3.30. The summed E-state index contributed by atoms with van der Waals surface area (Å²) >= 11 is 0. The van der Waals surface area contributed by atoms with E-state index in [1.165, 1.54) is 0 Å². The Balaban J connectivity index is 2.10. The van der Waals surface area contributed by atoms with E-state index in [1.807, 2.05) is 0 Å². The van der Waals surface area contributed by atoms with Crippen molar-refractivity contribution in [2.45, 2.75) is 45.3 Å². The van der Waals surface area contributed by atoms with Crippen molar-refractivity contribution >= 4 is 0 Å². The molecule has 2 aliphatic heterocycles. The molecule has 3 nitrogen and oxygen atoms in total. The van der Waals surface area contributed by atoms with E-state index in [0.717, 1.165) is 32.7 Å². The zero-order valence-electron chi connectivity index (χ0n) is 11.0. The van der Waals surface area contributed by atoms with Crippen molar-refractivity contribution in [3.05, 3.63) is 0 Å². The first-order chi connectivity index (χ1) is 7.46. The fourth-order valence-corrected chi connectivity index (χ4v) is 2.73. The number of hydrogen-bond donors (Lipinski definition) is 1. The molecule has 2 aliphatic rings. The summed E-state index contributed by atoms with van der Waals surface area (Å²) in [5.41, 5.74) is -0.108. The lowest BCUT2D eigenvalue weighted by atomic mass is 9.82. The molecular formula is C13H25NO2. The monoisotopic (exact) mass is 227 g/mol. The van der Waals surface area contributed by atoms with E-state index in [1.54, 1.807) is 0 Å². The average Bonchev–Trinajstić information content (AvgIpc) is 2.70. The molecule has 0 aromatic rings. The van der Waals surface area contributed by atoms with Crippen LogP contribution < -0.4 is 5.32 Å². The van der Waals surface area contributed by atoms with Gasteiger partial charge in [-0.1, -0.05) is 13.8 Å². The molecule has 3 heteroatoms. The van der Waals surface area contributed by atoms with Gasteiger partial charge in [0.25, 0.3) is 0 Å². The van der Waals surface area contributed by atoms with Crippen molar-refractivity contribution < 1.29 is 9.47 Å². The third-order valence-electron chi connectivity index (χ3n) is 4.43. The molecule has 0 aromatic carbocycles. The summed E-state index contributed by atoms with van der Waals surface area (Å²) in [6, 6.07) is 0. The maximum absolute atomic E-state index is 6.46. The smallest absolute Gasteiger partial charge is 0.0837 e. The average molecular weight is 227 g/mol. The van der Waals surface area contributed by atoms with Crippen LogP contribution in [-0.4, -0.2) is 37.5 Å². The quantitative estimate of drug-likeness (QED) is 0.780. The predicted molar refractivity (Wildman–Crippen MR) is 64.5 cm³/mol. The molecule has 0 amide bonds. The van der Waals surface area contributed by atoms with Crippen LogP contribution in [0.2, 0.25) is 0 Å². The van der Waals surface area contributed by atoms with Gasteiger partial charge in [0.2, 0.25) is 0 Å². The van der Waals surface area contributed by atoms with Crippen molar-refractivity contribution in [1.82, 2.24) is 5.32 Å². The highest BCUT2D eigenvalue weighted by Gasteiger charge is 2.47. The van der Waals surface area contributed by atoms with Gasteiger partial charge >= 0.3 is 0 Å². The van der Waals surface area contributed by atoms with E-state index in [0.29, 0.717) is 11.8 Å². The molecule has 1 N–H and O–H groups in total. The lowest BCUT2D eigenvalue weighted by Crippen LogP contribution is -2.62. The fourth-order valence-electron chi connectivity index (χ4n) is 2.73. The van der Waals surface area contributed by atoms with Crippen molar-refractivity contribution in [3.8, 4) is 0 Å². The Morgan fingerprint density at radius 3 is 2.56 bits per heavy atom. The van der Waals surface area contributed by atoms with E-state index in [2.05, 4.69) is 33.0 Å². The molecule has 16 heavy (non-hydrogen) atoms. The third kappa shape index (κ3) is 2.13. The highest BCUT2D eigenvalue weighted by Crippen LogP contribution is 2.37. The Labute approximate surface area is 98.9 Å². The van der Waals surface area contributed by atoms with Crippen LogP contribution in [-0.2, 0) is 9.47 Å². The van der Waals surface area contributed by atoms with Crippen LogP contribution in [0.25, 0.3) is 0 Å². The number of hydrogen-bond acceptors (Lipinski definition) is 3. The van der Waals surface area contributed by atoms with E-state index >= 15 is 0 Å². The normalized spacial score (nSPS) is 45.2. The van der Waals surface area contributed by atoms with Gasteiger partial charge in [-0.3, -0.25) is 0 Å². The Morgan fingerprint density at radius 1 is 1.25 bits per heavy atom. The summed E-state index contributed by atoms with van der Waals surface area (Å²) in [5.74, 6) is 1.07. The highest BCUT2D eigenvalue weighted by atomic mass is 16.5. The van der Waals surface area contributed by atoms with E-state index in [9.17, 15) is 0 Å². The molecule has 0 bridgehead atoms. The van der Waals surface area contributed by atoms with Gasteiger partial charge in [0.05, 0.1) is 17.8 Å². The summed E-state index contributed by atoms with van der Waals surface area (Å²) < 4.78 is 12.0. The van der Waals surface area contributed by atoms with Crippen molar-refractivity contribution in [2.24, 2.45) is 11.8 Å². The SMILES string of the molecule is CC(C)C1(C)CNCC(C)(C2CCOC2)O1. The van der Waals surface area contributed by atoms with Gasteiger partial charge in [-0.25, -0.2) is 0 Å². The summed E-state index contributed by atoms with van der Waals surface area (Å²) in [6.45, 7) is 12.6. The lowest BCUT2D eigenvalue weighted by Gasteiger charge is -2.50. The van der Waals surface area contributed by atoms with E-state index in [4.69, 9.17) is 9.47 Å². The summed E-state index contributed by atoms with van der Waals surface area (Å²) in [7, 11) is 0. The first-order valence-electron chi connectivity index (χ1n) is 6.45. The molecule has 3 atom stereocenters. The fraction of sp³-hybridized carbons (Fsp3) is 1.00. The zero-order valence-corrected chi connectivity index (χ0v) is 11.0. The number of ether oxygens (including phenoxy) is 2. The lowest BCUT2D eigenvalue weighted by molar-refractivity contribution is -0.202. The number of rotatable bonds is 2. The Morgan fingerprint density at radius 2 is 2.00 bits per heavy atom. The summed E-state index contributed by atoms with van der Waals surface area (Å²) in [5, 5.41) is 3.54. The first kappa shape index (κ1) is 12.3. The second-order valence-corrected chi connectivity index (χ2v) is 6.05. The van der Waals surface area contributed by atoms with E-state index < -0.39 is 0 Å². The van der Waals surface area contributed by atoms with Gasteiger partial charge in [0.15, 0.2) is 0 Å². The van der Waals surface area contributed by atoms with Crippen LogP contribution >= 0.6 is 0 Å². The highest BCUT2D eigenvalue weighted by molar-refractivity contribution is 4.98. The van der Waals surface area contributed by atoms with Crippen LogP contribution in [0.4, 0.5) is 0 Å². The number of nitrogens with one attached hydrogen (secondary N) is 1. The molecule has 0 radical (unpaired) electrons. The van der Waals surface area contributed by atoms with Gasteiger partial charge < -0.3 is 14.8 Å². The van der Waals surface area contributed by atoms with Gasteiger partial charge in [0, 0.05) is 25.6 Å². The molecule has 0 aromatic heterocycles. The van der Waals surface area contributed by atoms with Crippen LogP contribution in [0.5, 0.6) is 0 Å². The standard InChI is InChI=1S/C13H25NO2/c1-10(2)12(3)8-14-9-13(4,16-12)11-5-6-15-7-11/h10-11,14H,5-9H2,1-4H3. The maximum Gasteiger partial charge on any atom is 0.0837 e. The second-order valence-electron chi connectivity index (χ2n) is 6.05. The summed E-state index contributed by atoms with van der Waals surface area (Å²) in [6.07, 6.45) is 1.13. The third-order valence-corrected chi connectivity index (χ3v) is 4.43.